The Morgan fingerprint density at radius 3 is 2.74 bits per heavy atom. The monoisotopic (exact) mass is 446 g/mol. The molecule has 0 aliphatic carbocycles. The van der Waals surface area contributed by atoms with Crippen molar-refractivity contribution in [2.45, 2.75) is 44.7 Å². The Hall–Kier alpha value is -2.25. The lowest BCUT2D eigenvalue weighted by atomic mass is 9.95. The number of hydrogen-bond donors (Lipinski definition) is 0. The minimum atomic E-state index is -1.03. The molecule has 1 aliphatic rings. The van der Waals surface area contributed by atoms with Gasteiger partial charge in [-0.1, -0.05) is 31.2 Å². The summed E-state index contributed by atoms with van der Waals surface area (Å²) in [4.78, 5) is 4.38. The number of halogens is 2. The van der Waals surface area contributed by atoms with E-state index in [1.165, 1.54) is 12.1 Å². The van der Waals surface area contributed by atoms with Crippen molar-refractivity contribution >= 4 is 12.4 Å². The maximum atomic E-state index is 13.9. The van der Waals surface area contributed by atoms with Gasteiger partial charge in [-0.25, -0.2) is 9.37 Å². The Balaban J connectivity index is 0.00000272. The fraction of sp³-hybridized carbons (Fsp3) is 0.375. The van der Waals surface area contributed by atoms with Gasteiger partial charge >= 0.3 is 0 Å². The van der Waals surface area contributed by atoms with Crippen molar-refractivity contribution in [3.05, 3.63) is 83.7 Å². The molecule has 0 bridgehead atoms. The molecule has 1 aliphatic heterocycles. The number of aromatic nitrogens is 2. The molecule has 0 N–H and O–H groups in total. The van der Waals surface area contributed by atoms with Crippen molar-refractivity contribution in [2.75, 3.05) is 13.7 Å². The lowest BCUT2D eigenvalue weighted by Crippen LogP contribution is -2.42. The highest BCUT2D eigenvalue weighted by atomic mass is 35.5. The summed E-state index contributed by atoms with van der Waals surface area (Å²) in [5.74, 6) is -0.320. The van der Waals surface area contributed by atoms with Crippen molar-refractivity contribution in [3.8, 4) is 5.69 Å². The first-order chi connectivity index (χ1) is 14.6. The third-order valence-corrected chi connectivity index (χ3v) is 5.59. The number of methoxy groups -OCH3 is 1. The summed E-state index contributed by atoms with van der Waals surface area (Å²) in [6, 6.07) is 14.6. The SMILES string of the molecule is CCc1nccn1-c1ccc(COC2(c3cccc(F)c3)CC(OC)CCO2)cc1.Cl. The molecular formula is C24H28ClFN2O3. The fourth-order valence-electron chi connectivity index (χ4n) is 3.91. The van der Waals surface area contributed by atoms with E-state index in [1.807, 2.05) is 42.7 Å². The molecule has 2 unspecified atom stereocenters. The van der Waals surface area contributed by atoms with E-state index in [4.69, 9.17) is 14.2 Å². The van der Waals surface area contributed by atoms with E-state index in [0.29, 0.717) is 25.2 Å². The molecule has 7 heteroatoms. The number of ether oxygens (including phenoxy) is 3. The summed E-state index contributed by atoms with van der Waals surface area (Å²) >= 11 is 0. The van der Waals surface area contributed by atoms with Gasteiger partial charge in [0.1, 0.15) is 11.6 Å². The zero-order valence-corrected chi connectivity index (χ0v) is 18.6. The third kappa shape index (κ3) is 5.15. The Kier molecular flexibility index (Phi) is 7.84. The van der Waals surface area contributed by atoms with Crippen LogP contribution in [0.15, 0.2) is 60.9 Å². The number of benzene rings is 2. The van der Waals surface area contributed by atoms with Crippen LogP contribution >= 0.6 is 12.4 Å². The van der Waals surface area contributed by atoms with E-state index in [0.717, 1.165) is 29.9 Å². The number of imidazole rings is 1. The molecule has 2 aromatic carbocycles. The fourth-order valence-corrected chi connectivity index (χ4v) is 3.91. The van der Waals surface area contributed by atoms with Gasteiger partial charge in [-0.2, -0.15) is 0 Å². The van der Waals surface area contributed by atoms with Crippen LogP contribution in [0.1, 0.15) is 36.7 Å². The maximum Gasteiger partial charge on any atom is 0.197 e. The van der Waals surface area contributed by atoms with Gasteiger partial charge in [0.15, 0.2) is 5.79 Å². The molecule has 0 saturated carbocycles. The first-order valence-electron chi connectivity index (χ1n) is 10.3. The lowest BCUT2D eigenvalue weighted by molar-refractivity contribution is -0.288. The molecule has 2 heterocycles. The van der Waals surface area contributed by atoms with Crippen LogP contribution < -0.4 is 0 Å². The van der Waals surface area contributed by atoms with Crippen molar-refractivity contribution in [3.63, 3.8) is 0 Å². The van der Waals surface area contributed by atoms with Gasteiger partial charge in [0.2, 0.25) is 0 Å². The van der Waals surface area contributed by atoms with Crippen molar-refractivity contribution in [1.82, 2.24) is 9.55 Å². The standard InChI is InChI=1S/C24H27FN2O3.ClH/c1-3-23-26-12-13-27(23)21-9-7-18(8-10-21)17-30-24(16-22(28-2)11-14-29-24)19-5-4-6-20(25)15-19;/h4-10,12-13,15,22H,3,11,14,16-17H2,1-2H3;1H. The maximum absolute atomic E-state index is 13.9. The second kappa shape index (κ2) is 10.4. The first-order valence-corrected chi connectivity index (χ1v) is 10.3. The van der Waals surface area contributed by atoms with E-state index in [1.54, 1.807) is 13.2 Å². The molecule has 1 saturated heterocycles. The average molecular weight is 447 g/mol. The van der Waals surface area contributed by atoms with Crippen LogP contribution in [0, 0.1) is 5.82 Å². The normalized spacial score (nSPS) is 20.9. The summed E-state index contributed by atoms with van der Waals surface area (Å²) in [5, 5.41) is 0. The summed E-state index contributed by atoms with van der Waals surface area (Å²) in [6.07, 6.45) is 5.94. The predicted molar refractivity (Wildman–Crippen MR) is 119 cm³/mol. The number of aryl methyl sites for hydroxylation is 1. The number of hydrogen-bond acceptors (Lipinski definition) is 4. The number of nitrogens with zero attached hydrogens (tertiary/aromatic N) is 2. The summed E-state index contributed by atoms with van der Waals surface area (Å²) in [6.45, 7) is 2.93. The van der Waals surface area contributed by atoms with Gasteiger partial charge in [-0.05, 0) is 36.2 Å². The lowest BCUT2D eigenvalue weighted by Gasteiger charge is -2.40. The van der Waals surface area contributed by atoms with Gasteiger partial charge in [0.05, 0.1) is 19.3 Å². The van der Waals surface area contributed by atoms with Crippen LogP contribution in [-0.4, -0.2) is 29.4 Å². The van der Waals surface area contributed by atoms with Gasteiger partial charge in [-0.3, -0.25) is 0 Å². The molecule has 1 aromatic heterocycles. The highest BCUT2D eigenvalue weighted by Crippen LogP contribution is 2.38. The second-order valence-electron chi connectivity index (χ2n) is 7.48. The van der Waals surface area contributed by atoms with Crippen LogP contribution in [0.2, 0.25) is 0 Å². The minimum absolute atomic E-state index is 0. The van der Waals surface area contributed by atoms with Gasteiger partial charge < -0.3 is 18.8 Å². The second-order valence-corrected chi connectivity index (χ2v) is 7.48. The Morgan fingerprint density at radius 1 is 1.23 bits per heavy atom. The zero-order valence-electron chi connectivity index (χ0n) is 17.8. The van der Waals surface area contributed by atoms with E-state index in [2.05, 4.69) is 16.5 Å². The summed E-state index contributed by atoms with van der Waals surface area (Å²) in [7, 11) is 1.69. The molecular weight excluding hydrogens is 419 g/mol. The van der Waals surface area contributed by atoms with Crippen LogP contribution in [0.25, 0.3) is 5.69 Å². The molecule has 0 spiro atoms. The van der Waals surface area contributed by atoms with Crippen molar-refractivity contribution in [2.24, 2.45) is 0 Å². The van der Waals surface area contributed by atoms with Crippen LogP contribution in [0.3, 0.4) is 0 Å². The topological polar surface area (TPSA) is 45.5 Å². The Labute approximate surface area is 188 Å². The predicted octanol–water partition coefficient (Wildman–Crippen LogP) is 5.19. The highest BCUT2D eigenvalue weighted by Gasteiger charge is 2.41. The molecule has 31 heavy (non-hydrogen) atoms. The highest BCUT2D eigenvalue weighted by molar-refractivity contribution is 5.85. The summed E-state index contributed by atoms with van der Waals surface area (Å²) in [5.41, 5.74) is 2.74. The van der Waals surface area contributed by atoms with Crippen LogP contribution in [0.5, 0.6) is 0 Å². The zero-order chi connectivity index (χ0) is 21.0. The molecule has 0 amide bonds. The van der Waals surface area contributed by atoms with E-state index < -0.39 is 5.79 Å². The van der Waals surface area contributed by atoms with Gasteiger partial charge in [0, 0.05) is 43.6 Å². The van der Waals surface area contributed by atoms with Gasteiger partial charge in [-0.15, -0.1) is 12.4 Å². The smallest absolute Gasteiger partial charge is 0.197 e. The molecule has 0 radical (unpaired) electrons. The molecule has 2 atom stereocenters. The molecule has 166 valence electrons. The minimum Gasteiger partial charge on any atom is -0.381 e. The molecule has 4 rings (SSSR count). The number of rotatable bonds is 7. The first kappa shape index (κ1) is 23.4. The average Bonchev–Trinajstić information content (AvgIpc) is 3.27. The van der Waals surface area contributed by atoms with E-state index in [-0.39, 0.29) is 24.3 Å². The summed E-state index contributed by atoms with van der Waals surface area (Å²) < 4.78 is 34.0. The Bertz CT molecular complexity index is 979. The van der Waals surface area contributed by atoms with Crippen molar-refractivity contribution < 1.29 is 18.6 Å². The molecule has 1 fully saturated rings. The quantitative estimate of drug-likeness (QED) is 0.501. The van der Waals surface area contributed by atoms with E-state index in [9.17, 15) is 4.39 Å². The Morgan fingerprint density at radius 2 is 2.03 bits per heavy atom. The van der Waals surface area contributed by atoms with Gasteiger partial charge in [0.25, 0.3) is 0 Å². The van der Waals surface area contributed by atoms with Crippen LogP contribution in [0.4, 0.5) is 4.39 Å². The van der Waals surface area contributed by atoms with E-state index >= 15 is 0 Å². The van der Waals surface area contributed by atoms with Crippen molar-refractivity contribution in [1.29, 1.82) is 0 Å². The third-order valence-electron chi connectivity index (χ3n) is 5.59. The molecule has 3 aromatic rings. The molecule has 5 nitrogen and oxygen atoms in total. The largest absolute Gasteiger partial charge is 0.381 e. The van der Waals surface area contributed by atoms with Crippen LogP contribution in [-0.2, 0) is 33.0 Å².